The van der Waals surface area contributed by atoms with Crippen molar-refractivity contribution in [3.63, 3.8) is 0 Å². The van der Waals surface area contributed by atoms with E-state index in [0.29, 0.717) is 10.8 Å². The van der Waals surface area contributed by atoms with Gasteiger partial charge in [0.15, 0.2) is 0 Å². The van der Waals surface area contributed by atoms with Crippen LogP contribution < -0.4 is 4.74 Å². The summed E-state index contributed by atoms with van der Waals surface area (Å²) in [5.74, 6) is 0.619. The first-order valence-electron chi connectivity index (χ1n) is 4.63. The van der Waals surface area contributed by atoms with Gasteiger partial charge in [-0.1, -0.05) is 11.6 Å². The standard InChI is InChI=1S/C10H13ClO4S/c1-8(7-14-16(2,12)13)15-10-5-3-9(11)4-6-10/h3-6,8H,7H2,1-2H3. The first kappa shape index (κ1) is 13.3. The lowest BCUT2D eigenvalue weighted by Crippen LogP contribution is -2.21. The zero-order chi connectivity index (χ0) is 12.2. The molecule has 1 rings (SSSR count). The molecule has 0 amide bonds. The largest absolute Gasteiger partial charge is 0.488 e. The SMILES string of the molecule is CC(COS(C)(=O)=O)Oc1ccc(Cl)cc1. The van der Waals surface area contributed by atoms with E-state index in [1.54, 1.807) is 31.2 Å². The summed E-state index contributed by atoms with van der Waals surface area (Å²) in [6.45, 7) is 1.71. The average molecular weight is 265 g/mol. The van der Waals surface area contributed by atoms with Crippen LogP contribution in [0.25, 0.3) is 0 Å². The molecule has 90 valence electrons. The van der Waals surface area contributed by atoms with Gasteiger partial charge in [-0.15, -0.1) is 0 Å². The maximum atomic E-state index is 10.7. The second-order valence-corrected chi connectivity index (χ2v) is 5.45. The Bertz CT molecular complexity index is 427. The minimum absolute atomic E-state index is 0.0124. The molecule has 0 aliphatic heterocycles. The van der Waals surface area contributed by atoms with Gasteiger partial charge in [0.25, 0.3) is 10.1 Å². The zero-order valence-electron chi connectivity index (χ0n) is 9.01. The normalized spacial score (nSPS) is 13.4. The molecular weight excluding hydrogens is 252 g/mol. The molecule has 0 aliphatic carbocycles. The van der Waals surface area contributed by atoms with E-state index in [-0.39, 0.29) is 12.7 Å². The van der Waals surface area contributed by atoms with Crippen LogP contribution in [0.2, 0.25) is 5.02 Å². The smallest absolute Gasteiger partial charge is 0.264 e. The monoisotopic (exact) mass is 264 g/mol. The Morgan fingerprint density at radius 1 is 1.31 bits per heavy atom. The zero-order valence-corrected chi connectivity index (χ0v) is 10.6. The van der Waals surface area contributed by atoms with Crippen molar-refractivity contribution in [1.29, 1.82) is 0 Å². The van der Waals surface area contributed by atoms with Crippen LogP contribution in [0.5, 0.6) is 5.75 Å². The molecule has 16 heavy (non-hydrogen) atoms. The Kier molecular flexibility index (Phi) is 4.58. The van der Waals surface area contributed by atoms with Crippen molar-refractivity contribution in [3.05, 3.63) is 29.3 Å². The molecule has 1 aromatic carbocycles. The van der Waals surface area contributed by atoms with Crippen LogP contribution in [-0.4, -0.2) is 27.4 Å². The molecule has 0 N–H and O–H groups in total. The van der Waals surface area contributed by atoms with E-state index in [0.717, 1.165) is 6.26 Å². The number of hydrogen-bond acceptors (Lipinski definition) is 4. The first-order chi connectivity index (χ1) is 7.37. The van der Waals surface area contributed by atoms with E-state index < -0.39 is 10.1 Å². The molecule has 0 aromatic heterocycles. The van der Waals surface area contributed by atoms with Crippen LogP contribution in [-0.2, 0) is 14.3 Å². The summed E-state index contributed by atoms with van der Waals surface area (Å²) in [6, 6.07) is 6.81. The highest BCUT2D eigenvalue weighted by molar-refractivity contribution is 7.85. The Labute approximate surface area is 100 Å². The fourth-order valence-electron chi connectivity index (χ4n) is 0.999. The highest BCUT2D eigenvalue weighted by atomic mass is 35.5. The van der Waals surface area contributed by atoms with Crippen LogP contribution in [0.1, 0.15) is 6.92 Å². The Balaban J connectivity index is 2.45. The van der Waals surface area contributed by atoms with Crippen molar-refractivity contribution < 1.29 is 17.3 Å². The van der Waals surface area contributed by atoms with Gasteiger partial charge < -0.3 is 4.74 Å². The third kappa shape index (κ3) is 5.34. The van der Waals surface area contributed by atoms with Crippen molar-refractivity contribution in [2.75, 3.05) is 12.9 Å². The van der Waals surface area contributed by atoms with E-state index in [4.69, 9.17) is 16.3 Å². The van der Waals surface area contributed by atoms with E-state index >= 15 is 0 Å². The molecule has 0 fully saturated rings. The third-order valence-corrected chi connectivity index (χ3v) is 2.48. The lowest BCUT2D eigenvalue weighted by molar-refractivity contribution is 0.147. The molecule has 0 radical (unpaired) electrons. The van der Waals surface area contributed by atoms with Crippen molar-refractivity contribution in [3.8, 4) is 5.75 Å². The van der Waals surface area contributed by atoms with Crippen LogP contribution in [0.4, 0.5) is 0 Å². The Morgan fingerprint density at radius 2 is 1.88 bits per heavy atom. The van der Waals surface area contributed by atoms with Crippen LogP contribution in [0, 0.1) is 0 Å². The van der Waals surface area contributed by atoms with Crippen molar-refractivity contribution in [2.24, 2.45) is 0 Å². The van der Waals surface area contributed by atoms with Gasteiger partial charge in [0.05, 0.1) is 6.26 Å². The van der Waals surface area contributed by atoms with Gasteiger partial charge in [0.2, 0.25) is 0 Å². The minimum atomic E-state index is -3.42. The van der Waals surface area contributed by atoms with E-state index in [9.17, 15) is 8.42 Å². The summed E-state index contributed by atoms with van der Waals surface area (Å²) in [6.07, 6.45) is 0.651. The molecule has 1 unspecified atom stereocenters. The minimum Gasteiger partial charge on any atom is -0.488 e. The molecule has 1 aromatic rings. The molecule has 0 saturated heterocycles. The molecular formula is C10H13ClO4S. The van der Waals surface area contributed by atoms with Gasteiger partial charge in [-0.2, -0.15) is 8.42 Å². The summed E-state index contributed by atoms with van der Waals surface area (Å²) in [4.78, 5) is 0. The van der Waals surface area contributed by atoms with Crippen molar-refractivity contribution in [1.82, 2.24) is 0 Å². The molecule has 0 heterocycles. The molecule has 0 bridgehead atoms. The second-order valence-electron chi connectivity index (χ2n) is 3.37. The van der Waals surface area contributed by atoms with Gasteiger partial charge in [-0.25, -0.2) is 0 Å². The predicted molar refractivity (Wildman–Crippen MR) is 62.3 cm³/mol. The van der Waals surface area contributed by atoms with Crippen LogP contribution in [0.15, 0.2) is 24.3 Å². The second kappa shape index (κ2) is 5.52. The number of ether oxygens (including phenoxy) is 1. The molecule has 0 spiro atoms. The lowest BCUT2D eigenvalue weighted by atomic mass is 10.3. The van der Waals surface area contributed by atoms with E-state index in [1.807, 2.05) is 0 Å². The molecule has 4 nitrogen and oxygen atoms in total. The summed E-state index contributed by atoms with van der Waals surface area (Å²) in [5, 5.41) is 0.618. The summed E-state index contributed by atoms with van der Waals surface area (Å²) in [5.41, 5.74) is 0. The summed E-state index contributed by atoms with van der Waals surface area (Å²) >= 11 is 5.71. The third-order valence-electron chi connectivity index (χ3n) is 1.67. The van der Waals surface area contributed by atoms with Crippen LogP contribution >= 0.6 is 11.6 Å². The summed E-state index contributed by atoms with van der Waals surface area (Å²) < 4.78 is 31.5. The Morgan fingerprint density at radius 3 is 2.38 bits per heavy atom. The Hall–Kier alpha value is -0.780. The fourth-order valence-corrected chi connectivity index (χ4v) is 1.56. The van der Waals surface area contributed by atoms with Gasteiger partial charge >= 0.3 is 0 Å². The first-order valence-corrected chi connectivity index (χ1v) is 6.83. The quantitative estimate of drug-likeness (QED) is 0.764. The molecule has 0 saturated carbocycles. The van der Waals surface area contributed by atoms with E-state index in [2.05, 4.69) is 4.18 Å². The molecule has 6 heteroatoms. The van der Waals surface area contributed by atoms with Gasteiger partial charge in [-0.3, -0.25) is 4.18 Å². The number of benzene rings is 1. The van der Waals surface area contributed by atoms with Gasteiger partial charge in [0.1, 0.15) is 18.5 Å². The number of hydrogen-bond donors (Lipinski definition) is 0. The van der Waals surface area contributed by atoms with E-state index in [1.165, 1.54) is 0 Å². The van der Waals surface area contributed by atoms with Gasteiger partial charge in [-0.05, 0) is 31.2 Å². The number of halogens is 1. The fraction of sp³-hybridized carbons (Fsp3) is 0.400. The van der Waals surface area contributed by atoms with Crippen LogP contribution in [0.3, 0.4) is 0 Å². The molecule has 0 aliphatic rings. The highest BCUT2D eigenvalue weighted by Crippen LogP contribution is 2.16. The maximum absolute atomic E-state index is 10.7. The topological polar surface area (TPSA) is 52.6 Å². The van der Waals surface area contributed by atoms with Gasteiger partial charge in [0, 0.05) is 5.02 Å². The maximum Gasteiger partial charge on any atom is 0.264 e. The van der Waals surface area contributed by atoms with Crippen molar-refractivity contribution in [2.45, 2.75) is 13.0 Å². The number of rotatable bonds is 5. The summed E-state index contributed by atoms with van der Waals surface area (Å²) in [7, 11) is -3.42. The average Bonchev–Trinajstić information content (AvgIpc) is 2.18. The molecule has 1 atom stereocenters. The highest BCUT2D eigenvalue weighted by Gasteiger charge is 2.08. The lowest BCUT2D eigenvalue weighted by Gasteiger charge is -2.13. The van der Waals surface area contributed by atoms with Crippen molar-refractivity contribution >= 4 is 21.7 Å². The predicted octanol–water partition coefficient (Wildman–Crippen LogP) is 2.08.